The van der Waals surface area contributed by atoms with Crippen LogP contribution in [0.15, 0.2) is 23.8 Å². The maximum absolute atomic E-state index is 11.1. The van der Waals surface area contributed by atoms with E-state index < -0.39 is 11.9 Å². The second-order valence-electron chi connectivity index (χ2n) is 6.38. The van der Waals surface area contributed by atoms with Gasteiger partial charge in [-0.1, -0.05) is 32.1 Å². The molecule has 0 bridgehead atoms. The molecule has 3 heteroatoms. The molecule has 1 saturated heterocycles. The first-order valence-corrected chi connectivity index (χ1v) is 6.81. The molecule has 3 nitrogen and oxygen atoms in total. The van der Waals surface area contributed by atoms with Crippen molar-refractivity contribution in [3.63, 3.8) is 0 Å². The van der Waals surface area contributed by atoms with Gasteiger partial charge in [0.05, 0.1) is 6.61 Å². The summed E-state index contributed by atoms with van der Waals surface area (Å²) in [7, 11) is 0. The molecule has 18 heavy (non-hydrogen) atoms. The van der Waals surface area contributed by atoms with Gasteiger partial charge in [0.25, 0.3) is 0 Å². The Hall–Kier alpha value is -0.640. The summed E-state index contributed by atoms with van der Waals surface area (Å²) in [5.41, 5.74) is 0.498. The SMILES string of the molecule is C=C1C2CC=C3CO[C@@H](O)[C@]3(O)[C@@]2(C)CC[C@@H]1C. The van der Waals surface area contributed by atoms with E-state index in [4.69, 9.17) is 4.74 Å². The van der Waals surface area contributed by atoms with Crippen molar-refractivity contribution in [2.45, 2.75) is 45.0 Å². The second kappa shape index (κ2) is 3.69. The van der Waals surface area contributed by atoms with Gasteiger partial charge in [-0.05, 0) is 36.7 Å². The molecule has 100 valence electrons. The maximum atomic E-state index is 11.1. The number of hydrogen-bond donors (Lipinski definition) is 2. The van der Waals surface area contributed by atoms with Gasteiger partial charge in [-0.3, -0.25) is 0 Å². The minimum Gasteiger partial charge on any atom is -0.379 e. The number of hydrogen-bond acceptors (Lipinski definition) is 3. The molecule has 0 radical (unpaired) electrons. The van der Waals surface area contributed by atoms with Gasteiger partial charge in [0.15, 0.2) is 6.29 Å². The summed E-state index contributed by atoms with van der Waals surface area (Å²) in [6.07, 6.45) is 3.79. The highest BCUT2D eigenvalue weighted by atomic mass is 16.6. The van der Waals surface area contributed by atoms with Gasteiger partial charge < -0.3 is 14.9 Å². The van der Waals surface area contributed by atoms with E-state index in [2.05, 4.69) is 20.4 Å². The number of ether oxygens (including phenoxy) is 1. The van der Waals surface area contributed by atoms with Gasteiger partial charge in [-0.15, -0.1) is 0 Å². The highest BCUT2D eigenvalue weighted by Crippen LogP contribution is 2.60. The third-order valence-electron chi connectivity index (χ3n) is 5.66. The number of aliphatic hydroxyl groups excluding tert-OH is 1. The third-order valence-corrected chi connectivity index (χ3v) is 5.66. The molecular formula is C15H22O3. The average molecular weight is 250 g/mol. The van der Waals surface area contributed by atoms with E-state index in [1.54, 1.807) is 0 Å². The minimum absolute atomic E-state index is 0.242. The van der Waals surface area contributed by atoms with Gasteiger partial charge in [0.2, 0.25) is 0 Å². The van der Waals surface area contributed by atoms with Crippen molar-refractivity contribution in [1.82, 2.24) is 0 Å². The average Bonchev–Trinajstić information content (AvgIpc) is 2.64. The lowest BCUT2D eigenvalue weighted by Gasteiger charge is -2.55. The number of allylic oxidation sites excluding steroid dienone is 2. The Morgan fingerprint density at radius 2 is 2.22 bits per heavy atom. The summed E-state index contributed by atoms with van der Waals surface area (Å²) in [5.74, 6) is 0.743. The van der Waals surface area contributed by atoms with Crippen molar-refractivity contribution in [2.75, 3.05) is 6.61 Å². The first kappa shape index (κ1) is 12.4. The fourth-order valence-electron chi connectivity index (χ4n) is 4.18. The Bertz CT molecular complexity index is 427. The lowest BCUT2D eigenvalue weighted by atomic mass is 9.51. The van der Waals surface area contributed by atoms with Crippen LogP contribution in [-0.4, -0.2) is 28.7 Å². The molecule has 3 aliphatic rings. The third kappa shape index (κ3) is 1.25. The summed E-state index contributed by atoms with van der Waals surface area (Å²) in [6, 6.07) is 0. The number of rotatable bonds is 0. The molecule has 3 rings (SSSR count). The van der Waals surface area contributed by atoms with Crippen LogP contribution in [0.5, 0.6) is 0 Å². The monoisotopic (exact) mass is 250 g/mol. The molecule has 1 heterocycles. The summed E-state index contributed by atoms with van der Waals surface area (Å²) in [4.78, 5) is 0. The van der Waals surface area contributed by atoms with Crippen molar-refractivity contribution in [3.8, 4) is 0 Å². The fraction of sp³-hybridized carbons (Fsp3) is 0.733. The van der Waals surface area contributed by atoms with Crippen LogP contribution in [0.4, 0.5) is 0 Å². The molecule has 2 aliphatic carbocycles. The lowest BCUT2D eigenvalue weighted by Crippen LogP contribution is -2.60. The molecule has 2 N–H and O–H groups in total. The molecule has 1 aliphatic heterocycles. The summed E-state index contributed by atoms with van der Waals surface area (Å²) >= 11 is 0. The van der Waals surface area contributed by atoms with E-state index in [0.717, 1.165) is 24.8 Å². The van der Waals surface area contributed by atoms with Crippen molar-refractivity contribution >= 4 is 0 Å². The summed E-state index contributed by atoms with van der Waals surface area (Å²) in [5, 5.41) is 21.2. The first-order valence-electron chi connectivity index (χ1n) is 6.81. The Balaban J connectivity index is 2.10. The van der Waals surface area contributed by atoms with Crippen molar-refractivity contribution in [2.24, 2.45) is 17.3 Å². The van der Waals surface area contributed by atoms with E-state index in [0.29, 0.717) is 12.5 Å². The van der Waals surface area contributed by atoms with E-state index in [9.17, 15) is 10.2 Å². The van der Waals surface area contributed by atoms with Crippen molar-refractivity contribution in [1.29, 1.82) is 0 Å². The molecule has 0 amide bonds. The standard InChI is InChI=1S/C15H22O3/c1-9-6-7-14(3)12(10(9)2)5-4-11-8-18-13(16)15(11,14)17/h4,9,12-13,16-17H,2,5-8H2,1,3H3/t9-,12?,13+,14-,15-/m0/s1. The van der Waals surface area contributed by atoms with Crippen LogP contribution in [0.1, 0.15) is 33.1 Å². The number of fused-ring (bicyclic) bond motifs is 3. The fourth-order valence-corrected chi connectivity index (χ4v) is 4.18. The molecule has 2 fully saturated rings. The Kier molecular flexibility index (Phi) is 2.54. The zero-order valence-corrected chi connectivity index (χ0v) is 11.1. The van der Waals surface area contributed by atoms with Gasteiger partial charge in [0.1, 0.15) is 5.60 Å². The normalized spacial score (nSPS) is 51.7. The molecule has 1 unspecified atom stereocenters. The largest absolute Gasteiger partial charge is 0.379 e. The predicted octanol–water partition coefficient (Wildman–Crippen LogP) is 2.00. The second-order valence-corrected chi connectivity index (χ2v) is 6.38. The molecule has 5 atom stereocenters. The Labute approximate surface area is 108 Å². The van der Waals surface area contributed by atoms with E-state index >= 15 is 0 Å². The van der Waals surface area contributed by atoms with Crippen LogP contribution in [0, 0.1) is 17.3 Å². The molecule has 1 saturated carbocycles. The molecule has 0 spiro atoms. The quantitative estimate of drug-likeness (QED) is 0.647. The maximum Gasteiger partial charge on any atom is 0.188 e. The molecule has 0 aromatic carbocycles. The van der Waals surface area contributed by atoms with Gasteiger partial charge >= 0.3 is 0 Å². The minimum atomic E-state index is -1.22. The Morgan fingerprint density at radius 3 is 2.94 bits per heavy atom. The van der Waals surface area contributed by atoms with Crippen LogP contribution in [0.25, 0.3) is 0 Å². The molecular weight excluding hydrogens is 228 g/mol. The van der Waals surface area contributed by atoms with Crippen molar-refractivity contribution < 1.29 is 14.9 Å². The predicted molar refractivity (Wildman–Crippen MR) is 68.7 cm³/mol. The Morgan fingerprint density at radius 1 is 1.50 bits per heavy atom. The number of aliphatic hydroxyl groups is 2. The van der Waals surface area contributed by atoms with E-state index in [1.807, 2.05) is 6.08 Å². The van der Waals surface area contributed by atoms with Crippen molar-refractivity contribution in [3.05, 3.63) is 23.8 Å². The van der Waals surface area contributed by atoms with E-state index in [-0.39, 0.29) is 11.3 Å². The van der Waals surface area contributed by atoms with Gasteiger partial charge in [0, 0.05) is 5.41 Å². The van der Waals surface area contributed by atoms with Crippen LogP contribution < -0.4 is 0 Å². The zero-order chi connectivity index (χ0) is 13.1. The smallest absolute Gasteiger partial charge is 0.188 e. The van der Waals surface area contributed by atoms with Crippen LogP contribution in [-0.2, 0) is 4.74 Å². The van der Waals surface area contributed by atoms with Crippen LogP contribution in [0.2, 0.25) is 0 Å². The highest BCUT2D eigenvalue weighted by Gasteiger charge is 2.63. The van der Waals surface area contributed by atoms with Crippen LogP contribution >= 0.6 is 0 Å². The molecule has 0 aromatic heterocycles. The first-order chi connectivity index (χ1) is 8.41. The molecule has 0 aromatic rings. The highest BCUT2D eigenvalue weighted by molar-refractivity contribution is 5.35. The summed E-state index contributed by atoms with van der Waals surface area (Å²) < 4.78 is 5.29. The van der Waals surface area contributed by atoms with E-state index in [1.165, 1.54) is 5.57 Å². The van der Waals surface area contributed by atoms with Gasteiger partial charge in [-0.2, -0.15) is 0 Å². The zero-order valence-electron chi connectivity index (χ0n) is 11.1. The lowest BCUT2D eigenvalue weighted by molar-refractivity contribution is -0.214. The topological polar surface area (TPSA) is 49.7 Å². The van der Waals surface area contributed by atoms with Crippen LogP contribution in [0.3, 0.4) is 0 Å². The summed E-state index contributed by atoms with van der Waals surface area (Å²) in [6.45, 7) is 8.87. The van der Waals surface area contributed by atoms with Gasteiger partial charge in [-0.25, -0.2) is 0 Å².